The Bertz CT molecular complexity index is 1290. The highest BCUT2D eigenvalue weighted by Crippen LogP contribution is 2.31. The van der Waals surface area contributed by atoms with Crippen molar-refractivity contribution in [2.75, 3.05) is 0 Å². The molecule has 1 N–H and O–H groups in total. The van der Waals surface area contributed by atoms with Crippen LogP contribution in [0.25, 0.3) is 0 Å². The van der Waals surface area contributed by atoms with Gasteiger partial charge in [-0.2, -0.15) is 18.4 Å². The van der Waals surface area contributed by atoms with Crippen molar-refractivity contribution in [1.29, 1.82) is 5.26 Å². The molecule has 0 aromatic heterocycles. The molecule has 0 bridgehead atoms. The maximum atomic E-state index is 13.8. The van der Waals surface area contributed by atoms with Crippen molar-refractivity contribution in [3.63, 3.8) is 0 Å². The number of nitriles is 1. The second-order valence-electron chi connectivity index (χ2n) is 6.43. The quantitative estimate of drug-likeness (QED) is 0.459. The van der Waals surface area contributed by atoms with E-state index in [1.54, 1.807) is 6.07 Å². The normalized spacial score (nSPS) is 11.8. The number of ether oxygens (including phenoxy) is 1. The Morgan fingerprint density at radius 3 is 2.38 bits per heavy atom. The van der Waals surface area contributed by atoms with Crippen LogP contribution in [0.4, 0.5) is 17.6 Å². The van der Waals surface area contributed by atoms with Gasteiger partial charge >= 0.3 is 6.18 Å². The predicted molar refractivity (Wildman–Crippen MR) is 108 cm³/mol. The van der Waals surface area contributed by atoms with Gasteiger partial charge in [0.1, 0.15) is 28.9 Å². The van der Waals surface area contributed by atoms with E-state index in [0.29, 0.717) is 18.2 Å². The number of hydrogen-bond acceptors (Lipinski definition) is 4. The van der Waals surface area contributed by atoms with Crippen LogP contribution in [0.5, 0.6) is 11.5 Å². The molecule has 0 unspecified atom stereocenters. The van der Waals surface area contributed by atoms with E-state index in [2.05, 4.69) is 4.72 Å². The maximum absolute atomic E-state index is 13.8. The fraction of sp³-hybridized carbons (Fsp3) is 0.0952. The van der Waals surface area contributed by atoms with Gasteiger partial charge in [0, 0.05) is 12.1 Å². The summed E-state index contributed by atoms with van der Waals surface area (Å²) in [5.41, 5.74) is -1.43. The molecule has 3 aromatic rings. The summed E-state index contributed by atoms with van der Waals surface area (Å²) in [6, 6.07) is 13.3. The number of halogens is 5. The SMILES string of the molecule is N#Cc1c(Cl)cccc1Oc1ccc(S(=O)(=O)NCc2cc(C(F)(F)F)ccc2F)cc1. The van der Waals surface area contributed by atoms with Crippen LogP contribution < -0.4 is 9.46 Å². The van der Waals surface area contributed by atoms with Crippen LogP contribution in [0.15, 0.2) is 65.6 Å². The lowest BCUT2D eigenvalue weighted by molar-refractivity contribution is -0.137. The molecular weight excluding hydrogens is 472 g/mol. The van der Waals surface area contributed by atoms with Crippen LogP contribution in [-0.2, 0) is 22.7 Å². The molecule has 0 heterocycles. The highest BCUT2D eigenvalue weighted by molar-refractivity contribution is 7.89. The topological polar surface area (TPSA) is 79.2 Å². The Kier molecular flexibility index (Phi) is 6.74. The number of hydrogen-bond donors (Lipinski definition) is 1. The monoisotopic (exact) mass is 484 g/mol. The maximum Gasteiger partial charge on any atom is 0.416 e. The largest absolute Gasteiger partial charge is 0.456 e. The molecule has 0 saturated carbocycles. The third-order valence-corrected chi connectivity index (χ3v) is 6.01. The standard InChI is InChI=1S/C21H13ClF4N2O3S/c22-18-2-1-3-20(17(18)11-27)31-15-5-7-16(8-6-15)32(29,30)28-12-13-10-14(21(24,25)26)4-9-19(13)23/h1-10,28H,12H2. The first-order valence-corrected chi connectivity index (χ1v) is 10.7. The van der Waals surface area contributed by atoms with Crippen molar-refractivity contribution < 1.29 is 30.7 Å². The number of alkyl halides is 3. The third kappa shape index (κ3) is 5.37. The summed E-state index contributed by atoms with van der Waals surface area (Å²) in [5.74, 6) is -0.584. The van der Waals surface area contributed by atoms with Crippen molar-refractivity contribution in [1.82, 2.24) is 4.72 Å². The summed E-state index contributed by atoms with van der Waals surface area (Å²) in [7, 11) is -4.16. The molecule has 0 atom stereocenters. The highest BCUT2D eigenvalue weighted by atomic mass is 35.5. The molecular formula is C21H13ClF4N2O3S. The zero-order valence-corrected chi connectivity index (χ0v) is 17.5. The molecule has 0 spiro atoms. The van der Waals surface area contributed by atoms with Crippen molar-refractivity contribution in [3.05, 3.63) is 88.2 Å². The fourth-order valence-corrected chi connectivity index (χ4v) is 3.87. The second-order valence-corrected chi connectivity index (χ2v) is 8.60. The molecule has 3 aromatic carbocycles. The lowest BCUT2D eigenvalue weighted by Gasteiger charge is -2.12. The Hall–Kier alpha value is -3.13. The molecule has 0 aliphatic heterocycles. The minimum Gasteiger partial charge on any atom is -0.456 e. The first kappa shape index (κ1) is 23.5. The van der Waals surface area contributed by atoms with Gasteiger partial charge in [0.05, 0.1) is 15.5 Å². The van der Waals surface area contributed by atoms with E-state index in [1.165, 1.54) is 36.4 Å². The average Bonchev–Trinajstić information content (AvgIpc) is 2.73. The van der Waals surface area contributed by atoms with Crippen LogP contribution in [-0.4, -0.2) is 8.42 Å². The zero-order valence-electron chi connectivity index (χ0n) is 16.0. The number of sulfonamides is 1. The minimum atomic E-state index is -4.69. The summed E-state index contributed by atoms with van der Waals surface area (Å²) >= 11 is 5.93. The van der Waals surface area contributed by atoms with Crippen LogP contribution in [0.1, 0.15) is 16.7 Å². The Morgan fingerprint density at radius 2 is 1.75 bits per heavy atom. The van der Waals surface area contributed by atoms with E-state index >= 15 is 0 Å². The lowest BCUT2D eigenvalue weighted by Crippen LogP contribution is -2.24. The van der Waals surface area contributed by atoms with E-state index < -0.39 is 39.7 Å². The van der Waals surface area contributed by atoms with Gasteiger partial charge in [0.15, 0.2) is 0 Å². The van der Waals surface area contributed by atoms with Crippen molar-refractivity contribution in [3.8, 4) is 17.6 Å². The molecule has 0 fully saturated rings. The van der Waals surface area contributed by atoms with Crippen molar-refractivity contribution >= 4 is 21.6 Å². The van der Waals surface area contributed by atoms with Gasteiger partial charge in [-0.1, -0.05) is 17.7 Å². The summed E-state index contributed by atoms with van der Waals surface area (Å²) in [6.45, 7) is -0.676. The van der Waals surface area contributed by atoms with Crippen molar-refractivity contribution in [2.45, 2.75) is 17.6 Å². The fourth-order valence-electron chi connectivity index (χ4n) is 2.65. The van der Waals surface area contributed by atoms with E-state index in [-0.39, 0.29) is 27.0 Å². The number of benzene rings is 3. The average molecular weight is 485 g/mol. The Labute approximate surface area is 185 Å². The van der Waals surface area contributed by atoms with Gasteiger partial charge < -0.3 is 4.74 Å². The van der Waals surface area contributed by atoms with Gasteiger partial charge in [-0.05, 0) is 54.6 Å². The minimum absolute atomic E-state index is 0.107. The van der Waals surface area contributed by atoms with Gasteiger partial charge in [0.25, 0.3) is 0 Å². The molecule has 0 aliphatic carbocycles. The van der Waals surface area contributed by atoms with Crippen LogP contribution in [0, 0.1) is 17.1 Å². The number of rotatable bonds is 6. The van der Waals surface area contributed by atoms with Gasteiger partial charge in [0.2, 0.25) is 10.0 Å². The molecule has 0 amide bonds. The van der Waals surface area contributed by atoms with E-state index in [4.69, 9.17) is 16.3 Å². The Balaban J connectivity index is 1.75. The molecule has 32 heavy (non-hydrogen) atoms. The first-order chi connectivity index (χ1) is 15.0. The Morgan fingerprint density at radius 1 is 1.06 bits per heavy atom. The van der Waals surface area contributed by atoms with Crippen LogP contribution in [0.3, 0.4) is 0 Å². The second kappa shape index (κ2) is 9.16. The molecule has 0 radical (unpaired) electrons. The summed E-state index contributed by atoms with van der Waals surface area (Å²) in [6.07, 6.45) is -4.69. The number of nitrogens with zero attached hydrogens (tertiary/aromatic N) is 1. The number of nitrogens with one attached hydrogen (secondary N) is 1. The van der Waals surface area contributed by atoms with Gasteiger partial charge in [-0.15, -0.1) is 0 Å². The molecule has 0 aliphatic rings. The summed E-state index contributed by atoms with van der Waals surface area (Å²) in [4.78, 5) is -0.219. The van der Waals surface area contributed by atoms with Crippen molar-refractivity contribution in [2.24, 2.45) is 0 Å². The highest BCUT2D eigenvalue weighted by Gasteiger charge is 2.31. The first-order valence-electron chi connectivity index (χ1n) is 8.83. The van der Waals surface area contributed by atoms with Crippen LogP contribution >= 0.6 is 11.6 Å². The summed E-state index contributed by atoms with van der Waals surface area (Å²) in [5, 5.41) is 9.36. The summed E-state index contributed by atoms with van der Waals surface area (Å²) < 4.78 is 84.8. The molecule has 5 nitrogen and oxygen atoms in total. The van der Waals surface area contributed by atoms with Crippen LogP contribution in [0.2, 0.25) is 5.02 Å². The zero-order chi connectivity index (χ0) is 23.5. The van der Waals surface area contributed by atoms with E-state index in [9.17, 15) is 31.2 Å². The lowest BCUT2D eigenvalue weighted by atomic mass is 10.1. The van der Waals surface area contributed by atoms with Gasteiger partial charge in [-0.25, -0.2) is 17.5 Å². The molecule has 3 rings (SSSR count). The van der Waals surface area contributed by atoms with Gasteiger partial charge in [-0.3, -0.25) is 0 Å². The molecule has 0 saturated heterocycles. The molecule has 166 valence electrons. The van der Waals surface area contributed by atoms with E-state index in [0.717, 1.165) is 0 Å². The molecule has 11 heteroatoms. The smallest absolute Gasteiger partial charge is 0.416 e. The third-order valence-electron chi connectivity index (χ3n) is 4.27. The van der Waals surface area contributed by atoms with E-state index in [1.807, 2.05) is 6.07 Å². The predicted octanol–water partition coefficient (Wildman–Crippen LogP) is 5.64.